The normalized spacial score (nSPS) is 24.0. The third kappa shape index (κ3) is 5.42. The van der Waals surface area contributed by atoms with Crippen LogP contribution in [0, 0.1) is 0 Å². The monoisotopic (exact) mass is 402 g/mol. The molecule has 8 heteroatoms. The van der Waals surface area contributed by atoms with Gasteiger partial charge < -0.3 is 15.7 Å². The molecule has 2 unspecified atom stereocenters. The topological polar surface area (TPSA) is 95.5 Å². The molecule has 1 saturated heterocycles. The number of anilines is 1. The van der Waals surface area contributed by atoms with Crippen LogP contribution in [0.25, 0.3) is 0 Å². The summed E-state index contributed by atoms with van der Waals surface area (Å²) >= 11 is 0. The molecule has 6 nitrogen and oxygen atoms in total. The Balaban J connectivity index is 0.00000243. The Hall–Kier alpha value is -1.15. The first-order chi connectivity index (χ1) is 11.9. The quantitative estimate of drug-likeness (QED) is 0.700. The molecule has 2 aliphatic rings. The maximum Gasteiger partial charge on any atom is 0.241 e. The molecule has 1 aromatic carbocycles. The minimum absolute atomic E-state index is 0. The second-order valence-corrected chi connectivity index (χ2v) is 9.39. The second-order valence-electron chi connectivity index (χ2n) is 7.11. The van der Waals surface area contributed by atoms with E-state index in [2.05, 4.69) is 10.6 Å². The average molecular weight is 403 g/mol. The lowest BCUT2D eigenvalue weighted by Crippen LogP contribution is -2.35. The fourth-order valence-electron chi connectivity index (χ4n) is 3.66. The van der Waals surface area contributed by atoms with E-state index in [4.69, 9.17) is 0 Å². The first-order valence-corrected chi connectivity index (χ1v) is 10.7. The van der Waals surface area contributed by atoms with Crippen molar-refractivity contribution < 1.29 is 18.3 Å². The molecule has 0 aromatic heterocycles. The van der Waals surface area contributed by atoms with Crippen molar-refractivity contribution in [2.45, 2.75) is 61.7 Å². The molecule has 2 atom stereocenters. The molecule has 1 saturated carbocycles. The summed E-state index contributed by atoms with van der Waals surface area (Å²) in [6.07, 6.45) is 4.50. The van der Waals surface area contributed by atoms with Crippen molar-refractivity contribution in [2.24, 2.45) is 0 Å². The Morgan fingerprint density at radius 1 is 1.23 bits per heavy atom. The molecule has 0 radical (unpaired) electrons. The third-order valence-corrected chi connectivity index (χ3v) is 7.27. The minimum atomic E-state index is -3.16. The number of halogens is 1. The number of hydrogen-bond donors (Lipinski definition) is 3. The van der Waals surface area contributed by atoms with Crippen LogP contribution < -0.4 is 10.6 Å². The predicted molar refractivity (Wildman–Crippen MR) is 104 cm³/mol. The number of rotatable bonds is 5. The number of sulfone groups is 1. The van der Waals surface area contributed by atoms with Crippen LogP contribution >= 0.6 is 12.4 Å². The number of aliphatic hydroxyl groups is 1. The van der Waals surface area contributed by atoms with E-state index in [1.165, 1.54) is 0 Å². The largest absolute Gasteiger partial charge is 0.392 e. The smallest absolute Gasteiger partial charge is 0.241 e. The maximum atomic E-state index is 12.6. The van der Waals surface area contributed by atoms with Gasteiger partial charge in [0.25, 0.3) is 0 Å². The minimum Gasteiger partial charge on any atom is -0.392 e. The number of carbonyl (C=O) groups is 1. The van der Waals surface area contributed by atoms with Crippen molar-refractivity contribution in [3.05, 3.63) is 29.8 Å². The van der Waals surface area contributed by atoms with E-state index in [1.54, 1.807) is 24.3 Å². The number of benzene rings is 1. The predicted octanol–water partition coefficient (Wildman–Crippen LogP) is 2.02. The lowest BCUT2D eigenvalue weighted by Gasteiger charge is -2.21. The molecule has 26 heavy (non-hydrogen) atoms. The van der Waals surface area contributed by atoms with Crippen molar-refractivity contribution in [2.75, 3.05) is 11.9 Å². The van der Waals surface area contributed by atoms with Crippen LogP contribution in [0.4, 0.5) is 5.69 Å². The standard InChI is InChI=1S/C18H26N2O4S.ClH/c21-15-10-17(19-11-15)18(22)20-14-6-4-5-13(9-14)12-25(23,24)16-7-2-1-3-8-16;/h4-6,9,15-17,19,21H,1-3,7-8,10-12H2,(H,20,22);1H. The van der Waals surface area contributed by atoms with Crippen LogP contribution in [-0.4, -0.2) is 43.4 Å². The third-order valence-electron chi connectivity index (χ3n) is 5.05. The molecular formula is C18H27ClN2O4S. The van der Waals surface area contributed by atoms with Crippen molar-refractivity contribution >= 4 is 33.8 Å². The highest BCUT2D eigenvalue weighted by molar-refractivity contribution is 7.91. The van der Waals surface area contributed by atoms with E-state index >= 15 is 0 Å². The number of carbonyl (C=O) groups excluding carboxylic acids is 1. The molecule has 1 aromatic rings. The summed E-state index contributed by atoms with van der Waals surface area (Å²) in [5.74, 6) is -0.189. The number of amides is 1. The van der Waals surface area contributed by atoms with Gasteiger partial charge in [-0.25, -0.2) is 8.42 Å². The van der Waals surface area contributed by atoms with E-state index in [9.17, 15) is 18.3 Å². The van der Waals surface area contributed by atoms with Gasteiger partial charge in [-0.3, -0.25) is 4.79 Å². The van der Waals surface area contributed by atoms with Crippen molar-refractivity contribution in [3.63, 3.8) is 0 Å². The first-order valence-electron chi connectivity index (χ1n) is 8.97. The highest BCUT2D eigenvalue weighted by Crippen LogP contribution is 2.26. The van der Waals surface area contributed by atoms with Gasteiger partial charge in [-0.1, -0.05) is 31.4 Å². The van der Waals surface area contributed by atoms with Crippen LogP contribution in [0.15, 0.2) is 24.3 Å². The Morgan fingerprint density at radius 2 is 1.96 bits per heavy atom. The summed E-state index contributed by atoms with van der Waals surface area (Å²) in [5, 5.41) is 15.0. The Labute approximate surface area is 161 Å². The molecular weight excluding hydrogens is 376 g/mol. The lowest BCUT2D eigenvalue weighted by molar-refractivity contribution is -0.117. The van der Waals surface area contributed by atoms with E-state index in [0.29, 0.717) is 24.2 Å². The van der Waals surface area contributed by atoms with Gasteiger partial charge in [0, 0.05) is 12.2 Å². The lowest BCUT2D eigenvalue weighted by atomic mass is 10.0. The molecule has 1 heterocycles. The molecule has 1 aliphatic carbocycles. The van der Waals surface area contributed by atoms with Gasteiger partial charge in [-0.05, 0) is 37.0 Å². The Kier molecular flexibility index (Phi) is 7.46. The van der Waals surface area contributed by atoms with Crippen molar-refractivity contribution in [1.29, 1.82) is 0 Å². The van der Waals surface area contributed by atoms with Gasteiger partial charge in [0.05, 0.1) is 23.1 Å². The maximum absolute atomic E-state index is 12.6. The molecule has 3 rings (SSSR count). The number of aliphatic hydroxyl groups excluding tert-OH is 1. The van der Waals surface area contributed by atoms with Crippen LogP contribution in [0.2, 0.25) is 0 Å². The summed E-state index contributed by atoms with van der Waals surface area (Å²) in [6, 6.07) is 6.61. The first kappa shape index (κ1) is 21.2. The number of hydrogen-bond acceptors (Lipinski definition) is 5. The Morgan fingerprint density at radius 3 is 2.62 bits per heavy atom. The van der Waals surface area contributed by atoms with Gasteiger partial charge in [0.15, 0.2) is 9.84 Å². The SMILES string of the molecule is Cl.O=C(Nc1cccc(CS(=O)(=O)C2CCCCC2)c1)C1CC(O)CN1. The van der Waals surface area contributed by atoms with E-state index < -0.39 is 22.0 Å². The summed E-state index contributed by atoms with van der Waals surface area (Å²) in [4.78, 5) is 12.2. The highest BCUT2D eigenvalue weighted by atomic mass is 35.5. The van der Waals surface area contributed by atoms with Crippen LogP contribution in [0.5, 0.6) is 0 Å². The van der Waals surface area contributed by atoms with E-state index in [-0.39, 0.29) is 29.3 Å². The number of nitrogens with one attached hydrogen (secondary N) is 2. The van der Waals surface area contributed by atoms with Gasteiger partial charge in [0.2, 0.25) is 5.91 Å². The number of β-amino-alcohol motifs (C(OH)–C–C–N with tert-alkyl or cyclic N) is 1. The highest BCUT2D eigenvalue weighted by Gasteiger charge is 2.29. The molecule has 1 aliphatic heterocycles. The summed E-state index contributed by atoms with van der Waals surface area (Å²) in [6.45, 7) is 0.414. The summed E-state index contributed by atoms with van der Waals surface area (Å²) < 4.78 is 25.2. The fraction of sp³-hybridized carbons (Fsp3) is 0.611. The van der Waals surface area contributed by atoms with Gasteiger partial charge in [0.1, 0.15) is 0 Å². The van der Waals surface area contributed by atoms with E-state index in [0.717, 1.165) is 32.1 Å². The fourth-order valence-corrected chi connectivity index (χ4v) is 5.59. The molecule has 146 valence electrons. The van der Waals surface area contributed by atoms with Gasteiger partial charge >= 0.3 is 0 Å². The zero-order valence-electron chi connectivity index (χ0n) is 14.7. The zero-order valence-corrected chi connectivity index (χ0v) is 16.3. The zero-order chi connectivity index (χ0) is 17.9. The second kappa shape index (κ2) is 9.17. The molecule has 1 amide bonds. The molecule has 2 fully saturated rings. The van der Waals surface area contributed by atoms with Gasteiger partial charge in [-0.15, -0.1) is 12.4 Å². The van der Waals surface area contributed by atoms with Crippen molar-refractivity contribution in [3.8, 4) is 0 Å². The summed E-state index contributed by atoms with van der Waals surface area (Å²) in [7, 11) is -3.16. The Bertz CT molecular complexity index is 720. The van der Waals surface area contributed by atoms with Crippen LogP contribution in [-0.2, 0) is 20.4 Å². The van der Waals surface area contributed by atoms with Gasteiger partial charge in [-0.2, -0.15) is 0 Å². The van der Waals surface area contributed by atoms with E-state index in [1.807, 2.05) is 0 Å². The molecule has 0 bridgehead atoms. The molecule has 3 N–H and O–H groups in total. The molecule has 0 spiro atoms. The van der Waals surface area contributed by atoms with Crippen LogP contribution in [0.3, 0.4) is 0 Å². The average Bonchev–Trinajstić information content (AvgIpc) is 3.02. The van der Waals surface area contributed by atoms with Crippen LogP contribution in [0.1, 0.15) is 44.1 Å². The van der Waals surface area contributed by atoms with Crippen molar-refractivity contribution in [1.82, 2.24) is 5.32 Å². The summed E-state index contributed by atoms with van der Waals surface area (Å²) in [5.41, 5.74) is 1.28.